The molecule has 8 rings (SSSR count). The van der Waals surface area contributed by atoms with Gasteiger partial charge in [0.15, 0.2) is 0 Å². The number of imidazole rings is 2. The van der Waals surface area contributed by atoms with E-state index in [1.807, 2.05) is 18.2 Å². The molecule has 1 radical (unpaired) electrons. The molecule has 0 aliphatic rings. The van der Waals surface area contributed by atoms with Crippen LogP contribution in [0.4, 0.5) is 52.7 Å². The Morgan fingerprint density at radius 1 is 0.532 bits per heavy atom. The van der Waals surface area contributed by atoms with Gasteiger partial charge in [-0.25, -0.2) is 0 Å². The van der Waals surface area contributed by atoms with E-state index in [4.69, 9.17) is 0 Å². The van der Waals surface area contributed by atoms with E-state index in [2.05, 4.69) is 45.2 Å². The molecular formula is C41H23F12IrN8-3. The van der Waals surface area contributed by atoms with Crippen molar-refractivity contribution in [1.29, 1.82) is 0 Å². The SMILES string of the molecule is FC(F)(F)c1cc[c-]c(-n2[c-][n+](-c3cccc(C(F)(F)F)c3)cc2)c1.FC(F)(F)c1cc[c-]c(-n2[c-][n+](-c3cccc(C(F)(F)F)c3)cc2)c1.[Ir].c1ccc(-c2cnn[n-]2)nc1. The van der Waals surface area contributed by atoms with Crippen molar-refractivity contribution in [1.82, 2.24) is 29.5 Å². The summed E-state index contributed by atoms with van der Waals surface area (Å²) in [7, 11) is 0. The summed E-state index contributed by atoms with van der Waals surface area (Å²) in [6.07, 6.45) is -3.81. The summed E-state index contributed by atoms with van der Waals surface area (Å²) in [5.74, 6) is 0. The summed E-state index contributed by atoms with van der Waals surface area (Å²) in [5.41, 5.74) is -1.35. The molecule has 4 heterocycles. The second-order valence-electron chi connectivity index (χ2n) is 12.3. The molecular weight excluding hydrogens is 1020 g/mol. The van der Waals surface area contributed by atoms with Crippen LogP contribution in [0.25, 0.3) is 34.1 Å². The van der Waals surface area contributed by atoms with E-state index < -0.39 is 47.0 Å². The maximum atomic E-state index is 12.8. The standard InChI is InChI=1S/2C17H9F6N2.C7H5N4.Ir/c2*18-16(19,20)12-3-1-5-14(9-12)24-7-8-25(11-24)15-6-2-4-13(10-15)17(21,22)23;1-2-4-8-6(3-1)7-5-9-11-10-7;/h2*1-5,7-10H;1-5H;/q3*-1;. The van der Waals surface area contributed by atoms with E-state index >= 15 is 0 Å². The first kappa shape index (κ1) is 46.5. The zero-order chi connectivity index (χ0) is 44.0. The zero-order valence-electron chi connectivity index (χ0n) is 30.7. The van der Waals surface area contributed by atoms with Crippen molar-refractivity contribution in [2.45, 2.75) is 24.7 Å². The molecule has 0 saturated heterocycles. The van der Waals surface area contributed by atoms with Gasteiger partial charge in [-0.1, -0.05) is 47.7 Å². The number of pyridine rings is 1. The number of hydrogen-bond acceptors (Lipinski definition) is 3. The van der Waals surface area contributed by atoms with Crippen molar-refractivity contribution in [2.24, 2.45) is 0 Å². The van der Waals surface area contributed by atoms with Gasteiger partial charge in [0.2, 0.25) is 0 Å². The van der Waals surface area contributed by atoms with Crippen LogP contribution in [0.1, 0.15) is 22.3 Å². The van der Waals surface area contributed by atoms with Gasteiger partial charge in [0.25, 0.3) is 12.7 Å². The Balaban J connectivity index is 0.000000186. The molecule has 0 saturated carbocycles. The van der Waals surface area contributed by atoms with Gasteiger partial charge in [-0.15, -0.1) is 12.1 Å². The molecule has 0 atom stereocenters. The third kappa shape index (κ3) is 12.0. The predicted octanol–water partition coefficient (Wildman–Crippen LogP) is 9.28. The average molecular weight is 1050 g/mol. The molecule has 62 heavy (non-hydrogen) atoms. The second kappa shape index (κ2) is 19.0. The first-order chi connectivity index (χ1) is 28.8. The maximum absolute atomic E-state index is 12.8. The number of hydrogen-bond donors (Lipinski definition) is 0. The van der Waals surface area contributed by atoms with Gasteiger partial charge >= 0.3 is 24.7 Å². The van der Waals surface area contributed by atoms with Crippen LogP contribution in [-0.4, -0.2) is 24.4 Å². The summed E-state index contributed by atoms with van der Waals surface area (Å²) in [5, 5.41) is 10.8. The van der Waals surface area contributed by atoms with Crippen LogP contribution in [0.2, 0.25) is 0 Å². The molecule has 21 heteroatoms. The molecule has 0 amide bonds. The largest absolute Gasteiger partial charge is 0.415 e. The molecule has 4 aromatic carbocycles. The van der Waals surface area contributed by atoms with Crippen molar-refractivity contribution in [3.8, 4) is 34.1 Å². The minimum atomic E-state index is -4.51. The van der Waals surface area contributed by atoms with E-state index in [-0.39, 0.29) is 42.9 Å². The fourth-order valence-electron chi connectivity index (χ4n) is 5.20. The number of nitrogens with zero attached hydrogens (tertiary/aromatic N) is 8. The number of alkyl halides is 12. The molecule has 4 aromatic heterocycles. The minimum absolute atomic E-state index is 0. The van der Waals surface area contributed by atoms with Crippen molar-refractivity contribution < 1.29 is 81.9 Å². The van der Waals surface area contributed by atoms with E-state index in [1.165, 1.54) is 67.3 Å². The molecule has 0 bridgehead atoms. The normalized spacial score (nSPS) is 11.7. The number of benzene rings is 4. The molecule has 8 nitrogen and oxygen atoms in total. The fraction of sp³-hybridized carbons (Fsp3) is 0.0976. The van der Waals surface area contributed by atoms with Crippen molar-refractivity contribution in [3.63, 3.8) is 0 Å². The Labute approximate surface area is 356 Å². The summed E-state index contributed by atoms with van der Waals surface area (Å²) in [6.45, 7) is 0. The predicted molar refractivity (Wildman–Crippen MR) is 189 cm³/mol. The van der Waals surface area contributed by atoms with Gasteiger partial charge in [-0.05, 0) is 53.5 Å². The number of rotatable bonds is 5. The van der Waals surface area contributed by atoms with Crippen molar-refractivity contribution in [3.05, 3.63) is 187 Å². The Morgan fingerprint density at radius 3 is 1.37 bits per heavy atom. The Kier molecular flexibility index (Phi) is 14.2. The van der Waals surface area contributed by atoms with Gasteiger partial charge in [0, 0.05) is 51.1 Å². The molecule has 0 aliphatic heterocycles. The Morgan fingerprint density at radius 2 is 0.984 bits per heavy atom. The number of aromatic nitrogens is 8. The van der Waals surface area contributed by atoms with Crippen LogP contribution in [0, 0.1) is 24.8 Å². The van der Waals surface area contributed by atoms with Crippen LogP contribution in [-0.2, 0) is 44.8 Å². The maximum Gasteiger partial charge on any atom is 0.415 e. The summed E-state index contributed by atoms with van der Waals surface area (Å²) in [4.78, 5) is 4.08. The van der Waals surface area contributed by atoms with Gasteiger partial charge < -0.3 is 19.3 Å². The molecule has 0 fully saturated rings. The molecule has 0 aliphatic carbocycles. The van der Waals surface area contributed by atoms with Crippen LogP contribution in [0.5, 0.6) is 0 Å². The van der Waals surface area contributed by atoms with E-state index in [0.29, 0.717) is 5.69 Å². The Bertz CT molecular complexity index is 2380. The van der Waals surface area contributed by atoms with E-state index in [1.54, 1.807) is 12.4 Å². The first-order valence-corrected chi connectivity index (χ1v) is 17.1. The summed E-state index contributed by atoms with van der Waals surface area (Å²) >= 11 is 0. The minimum Gasteiger partial charge on any atom is -0.358 e. The zero-order valence-corrected chi connectivity index (χ0v) is 33.1. The van der Waals surface area contributed by atoms with Gasteiger partial charge in [-0.3, -0.25) is 19.3 Å². The third-order valence-electron chi connectivity index (χ3n) is 8.12. The van der Waals surface area contributed by atoms with Crippen molar-refractivity contribution in [2.75, 3.05) is 0 Å². The molecule has 0 unspecified atom stereocenters. The Hall–Kier alpha value is -6.60. The summed E-state index contributed by atoms with van der Waals surface area (Å²) in [6, 6.07) is 25.8. The second-order valence-corrected chi connectivity index (χ2v) is 12.3. The number of halogens is 12. The molecule has 8 aromatic rings. The van der Waals surface area contributed by atoms with Gasteiger partial charge in [0.1, 0.15) is 0 Å². The van der Waals surface area contributed by atoms with Crippen LogP contribution < -0.4 is 14.2 Å². The topological polar surface area (TPSA) is 70.4 Å². The molecule has 323 valence electrons. The van der Waals surface area contributed by atoms with E-state index in [9.17, 15) is 52.7 Å². The quantitative estimate of drug-likeness (QED) is 0.0980. The third-order valence-corrected chi connectivity index (χ3v) is 8.12. The van der Waals surface area contributed by atoms with Gasteiger partial charge in [0.05, 0.1) is 28.2 Å². The fourth-order valence-corrected chi connectivity index (χ4v) is 5.20. The monoisotopic (exact) mass is 1050 g/mol. The smallest absolute Gasteiger partial charge is 0.358 e. The first-order valence-electron chi connectivity index (χ1n) is 17.1. The van der Waals surface area contributed by atoms with Crippen LogP contribution in [0.3, 0.4) is 0 Å². The molecule has 0 spiro atoms. The van der Waals surface area contributed by atoms with Crippen LogP contribution >= 0.6 is 0 Å². The molecule has 0 N–H and O–H groups in total. The van der Waals surface area contributed by atoms with E-state index in [0.717, 1.165) is 66.4 Å². The van der Waals surface area contributed by atoms with Crippen LogP contribution in [0.15, 0.2) is 140 Å². The van der Waals surface area contributed by atoms with Crippen molar-refractivity contribution >= 4 is 0 Å². The summed E-state index contributed by atoms with van der Waals surface area (Å²) < 4.78 is 158. The average Bonchev–Trinajstić information content (AvgIpc) is 4.05. The van der Waals surface area contributed by atoms with Gasteiger partial charge in [-0.2, -0.15) is 89.1 Å².